The molecule has 23 heavy (non-hydrogen) atoms. The molecule has 0 aromatic heterocycles. The molecule has 12 nitrogen and oxygen atoms in total. The number of nitrogens with one attached hydrogen (secondary N) is 2. The Morgan fingerprint density at radius 1 is 0.870 bits per heavy atom. The summed E-state index contributed by atoms with van der Waals surface area (Å²) in [5.41, 5.74) is 4.84. The Bertz CT molecular complexity index is 460. The maximum Gasteiger partial charge on any atom is 4.00 e. The van der Waals surface area contributed by atoms with Gasteiger partial charge in [-0.2, -0.15) is 0 Å². The van der Waals surface area contributed by atoms with Crippen LogP contribution >= 0.6 is 15.2 Å². The quantitative estimate of drug-likeness (QED) is 0.417. The Morgan fingerprint density at radius 3 is 1.35 bits per heavy atom. The minimum absolute atomic E-state index is 0. The van der Waals surface area contributed by atoms with Crippen LogP contribution in [0.15, 0.2) is 24.9 Å². The number of hydroxylamine groups is 2. The molecule has 15 heteroatoms. The first-order valence-electron chi connectivity index (χ1n) is 5.81. The molecule has 0 spiro atoms. The van der Waals surface area contributed by atoms with E-state index in [2.05, 4.69) is 20.5 Å². The van der Waals surface area contributed by atoms with Gasteiger partial charge >= 0.3 is 26.2 Å². The topological polar surface area (TPSA) is 175 Å². The van der Waals surface area contributed by atoms with E-state index in [9.17, 15) is 28.7 Å². The van der Waals surface area contributed by atoms with E-state index < -0.39 is 26.8 Å². The summed E-state index contributed by atoms with van der Waals surface area (Å²) in [7, 11) is -9.22. The van der Waals surface area contributed by atoms with Gasteiger partial charge in [0.2, 0.25) is 0 Å². The molecule has 0 saturated heterocycles. The van der Waals surface area contributed by atoms with E-state index in [1.54, 1.807) is 0 Å². The summed E-state index contributed by atoms with van der Waals surface area (Å²) < 4.78 is 20.8. The standard InChI is InChI=1S/2C4H9N2O4P.Zr/c2*1-4(11(7,8)9)6-5-2-3-10-6;/h2*2-5H,1H3,(H2,7,8,9);/q;;+4/p-4. The fourth-order valence-electron chi connectivity index (χ4n) is 1.11. The predicted molar refractivity (Wildman–Crippen MR) is 64.5 cm³/mol. The van der Waals surface area contributed by atoms with E-state index in [0.717, 1.165) is 10.3 Å². The van der Waals surface area contributed by atoms with Crippen LogP contribution in [-0.4, -0.2) is 21.9 Å². The van der Waals surface area contributed by atoms with Crippen LogP contribution < -0.4 is 30.4 Å². The average Bonchev–Trinajstić information content (AvgIpc) is 3.08. The summed E-state index contributed by atoms with van der Waals surface area (Å²) >= 11 is 0. The summed E-state index contributed by atoms with van der Waals surface area (Å²) in [6, 6.07) is 0. The summed E-state index contributed by atoms with van der Waals surface area (Å²) in [6.45, 7) is 2.47. The summed E-state index contributed by atoms with van der Waals surface area (Å²) in [5, 5.41) is 1.72. The van der Waals surface area contributed by atoms with E-state index in [1.165, 1.54) is 38.8 Å². The molecule has 0 amide bonds. The number of hydrogen-bond acceptors (Lipinski definition) is 12. The van der Waals surface area contributed by atoms with Gasteiger partial charge in [-0.1, -0.05) is 0 Å². The zero-order valence-corrected chi connectivity index (χ0v) is 16.3. The van der Waals surface area contributed by atoms with Crippen molar-refractivity contribution in [2.24, 2.45) is 0 Å². The Hall–Kier alpha value is -0.217. The molecule has 2 aliphatic heterocycles. The molecule has 2 aliphatic rings. The Labute approximate surface area is 151 Å². The molecular formula is C8H14N4O8P2Zr. The smallest absolute Gasteiger partial charge is 0.810 e. The van der Waals surface area contributed by atoms with Crippen molar-refractivity contribution in [3.63, 3.8) is 0 Å². The maximum atomic E-state index is 10.4. The zero-order chi connectivity index (χ0) is 17.0. The van der Waals surface area contributed by atoms with Gasteiger partial charge in [-0.25, -0.2) is 0 Å². The van der Waals surface area contributed by atoms with Crippen LogP contribution in [0.2, 0.25) is 0 Å². The van der Waals surface area contributed by atoms with E-state index in [-0.39, 0.29) is 26.2 Å². The maximum absolute atomic E-state index is 10.4. The van der Waals surface area contributed by atoms with Gasteiger partial charge in [0.1, 0.15) is 12.5 Å². The van der Waals surface area contributed by atoms with Crippen molar-refractivity contribution < 1.29 is 64.6 Å². The van der Waals surface area contributed by atoms with Crippen molar-refractivity contribution in [1.29, 1.82) is 0 Å². The first kappa shape index (κ1) is 22.8. The molecule has 2 unspecified atom stereocenters. The van der Waals surface area contributed by atoms with E-state index in [4.69, 9.17) is 0 Å². The third-order valence-corrected chi connectivity index (χ3v) is 4.73. The average molecular weight is 447 g/mol. The van der Waals surface area contributed by atoms with Crippen LogP contribution in [-0.2, 0) is 45.0 Å². The second kappa shape index (κ2) is 9.31. The van der Waals surface area contributed by atoms with Crippen molar-refractivity contribution in [3.05, 3.63) is 24.9 Å². The number of hydrogen-bond donors (Lipinski definition) is 2. The predicted octanol–water partition coefficient (Wildman–Crippen LogP) is -3.06. The SMILES string of the molecule is CC(N1NC=CO1)P(=O)([O-])[O-].CC(N1NC=CO1)P(=O)([O-])[O-].[Zr+4]. The molecule has 2 heterocycles. The second-order valence-corrected chi connectivity index (χ2v) is 7.72. The summed E-state index contributed by atoms with van der Waals surface area (Å²) in [4.78, 5) is 50.8. The number of nitrogens with zero attached hydrogens (tertiary/aromatic N) is 2. The van der Waals surface area contributed by atoms with Crippen LogP contribution in [0.4, 0.5) is 0 Å². The molecule has 0 aromatic rings. The van der Waals surface area contributed by atoms with Gasteiger partial charge in [-0.3, -0.25) is 10.9 Å². The first-order chi connectivity index (χ1) is 10.0. The molecule has 0 saturated carbocycles. The summed E-state index contributed by atoms with van der Waals surface area (Å²) in [6.07, 6.45) is 5.25. The van der Waals surface area contributed by atoms with Gasteiger partial charge in [0.25, 0.3) is 0 Å². The monoisotopic (exact) mass is 446 g/mol. The molecule has 0 radical (unpaired) electrons. The van der Waals surface area contributed by atoms with E-state index in [1.807, 2.05) is 0 Å². The van der Waals surface area contributed by atoms with Crippen molar-refractivity contribution in [1.82, 2.24) is 21.2 Å². The molecule has 0 aromatic carbocycles. The Morgan fingerprint density at radius 2 is 1.17 bits per heavy atom. The minimum atomic E-state index is -4.61. The first-order valence-corrected chi connectivity index (χ1v) is 9.03. The van der Waals surface area contributed by atoms with Gasteiger partial charge in [0.15, 0.2) is 0 Å². The van der Waals surface area contributed by atoms with Gasteiger partial charge < -0.3 is 38.4 Å². The molecule has 0 bridgehead atoms. The zero-order valence-electron chi connectivity index (χ0n) is 12.0. The molecule has 2 atom stereocenters. The normalized spacial score (nSPS) is 20.1. The molecule has 2 N–H and O–H groups in total. The van der Waals surface area contributed by atoms with Crippen molar-refractivity contribution >= 4 is 15.2 Å². The van der Waals surface area contributed by atoms with Crippen LogP contribution in [0.3, 0.4) is 0 Å². The third-order valence-electron chi connectivity index (χ3n) is 2.48. The van der Waals surface area contributed by atoms with E-state index >= 15 is 0 Å². The minimum Gasteiger partial charge on any atom is -0.810 e. The summed E-state index contributed by atoms with van der Waals surface area (Å²) in [5.74, 6) is -2.42. The Kier molecular flexibility index (Phi) is 9.23. The van der Waals surface area contributed by atoms with Crippen molar-refractivity contribution in [2.75, 3.05) is 0 Å². The second-order valence-electron chi connectivity index (χ2n) is 4.07. The van der Waals surface area contributed by atoms with Crippen molar-refractivity contribution in [3.8, 4) is 0 Å². The van der Waals surface area contributed by atoms with Crippen LogP contribution in [0.5, 0.6) is 0 Å². The van der Waals surface area contributed by atoms with Crippen LogP contribution in [0.1, 0.15) is 13.8 Å². The molecule has 0 fully saturated rings. The van der Waals surface area contributed by atoms with Crippen LogP contribution in [0, 0.1) is 0 Å². The van der Waals surface area contributed by atoms with Gasteiger partial charge in [0, 0.05) is 0 Å². The fraction of sp³-hybridized carbons (Fsp3) is 0.500. The van der Waals surface area contributed by atoms with Crippen molar-refractivity contribution in [2.45, 2.75) is 25.4 Å². The van der Waals surface area contributed by atoms with Gasteiger partial charge in [-0.15, -0.1) is 0 Å². The van der Waals surface area contributed by atoms with Gasteiger partial charge in [0.05, 0.1) is 24.0 Å². The fourth-order valence-corrected chi connectivity index (χ4v) is 1.87. The molecule has 2 rings (SSSR count). The third kappa shape index (κ3) is 7.47. The largest absolute Gasteiger partial charge is 4.00 e. The van der Waals surface area contributed by atoms with Crippen LogP contribution in [0.25, 0.3) is 0 Å². The number of rotatable bonds is 4. The van der Waals surface area contributed by atoms with Gasteiger partial charge in [-0.05, 0) is 39.4 Å². The Balaban J connectivity index is 0.000000403. The molecule has 0 aliphatic carbocycles. The molecule has 128 valence electrons. The number of hydrazine groups is 2. The van der Waals surface area contributed by atoms with E-state index in [0.29, 0.717) is 0 Å². The molecular weight excluding hydrogens is 433 g/mol.